The molecule has 0 radical (unpaired) electrons. The Bertz CT molecular complexity index is 494. The Hall–Kier alpha value is -0.970. The van der Waals surface area contributed by atoms with Gasteiger partial charge in [-0.05, 0) is 45.2 Å². The van der Waals surface area contributed by atoms with Gasteiger partial charge in [-0.1, -0.05) is 6.07 Å². The molecule has 1 aromatic heterocycles. The van der Waals surface area contributed by atoms with Crippen molar-refractivity contribution >= 4 is 0 Å². The first-order valence-corrected chi connectivity index (χ1v) is 8.56. The summed E-state index contributed by atoms with van der Waals surface area (Å²) in [4.78, 5) is 7.19. The molecule has 2 atom stereocenters. The molecule has 122 valence electrons. The minimum absolute atomic E-state index is 0.177. The third kappa shape index (κ3) is 3.50. The fraction of sp³-hybridized carbons (Fsp3) is 0.722. The minimum atomic E-state index is 0.177. The van der Waals surface area contributed by atoms with E-state index in [1.165, 1.54) is 12.1 Å². The van der Waals surface area contributed by atoms with Gasteiger partial charge in [0, 0.05) is 44.0 Å². The maximum atomic E-state index is 6.08. The molecule has 2 unspecified atom stereocenters. The molecule has 3 rings (SSSR count). The van der Waals surface area contributed by atoms with E-state index in [2.05, 4.69) is 41.9 Å². The summed E-state index contributed by atoms with van der Waals surface area (Å²) in [6.45, 7) is 9.75. The molecule has 0 aromatic carbocycles. The van der Waals surface area contributed by atoms with Crippen molar-refractivity contribution in [3.63, 3.8) is 0 Å². The second-order valence-corrected chi connectivity index (χ2v) is 6.73. The molecular weight excluding hydrogens is 276 g/mol. The smallest absolute Gasteiger partial charge is 0.0677 e. The van der Waals surface area contributed by atoms with E-state index in [4.69, 9.17) is 9.47 Å². The standard InChI is InChI=1S/C18H28N2O2/c1-3-21-14-18-9-5-11-22-17(18)8-10-20(13-18)12-16-7-4-6-15(2)19-16/h4,6-7,17H,3,5,8-14H2,1-2H3. The zero-order chi connectivity index (χ0) is 15.4. The van der Waals surface area contributed by atoms with E-state index in [-0.39, 0.29) is 5.41 Å². The Kier molecular flexibility index (Phi) is 5.11. The van der Waals surface area contributed by atoms with Gasteiger partial charge in [-0.25, -0.2) is 0 Å². The molecule has 3 heterocycles. The Morgan fingerprint density at radius 2 is 2.36 bits per heavy atom. The summed E-state index contributed by atoms with van der Waals surface area (Å²) in [6.07, 6.45) is 3.85. The summed E-state index contributed by atoms with van der Waals surface area (Å²) in [6, 6.07) is 6.29. The fourth-order valence-electron chi connectivity index (χ4n) is 3.95. The van der Waals surface area contributed by atoms with Crippen LogP contribution in [0.5, 0.6) is 0 Å². The van der Waals surface area contributed by atoms with Crippen molar-refractivity contribution in [3.8, 4) is 0 Å². The number of hydrogen-bond acceptors (Lipinski definition) is 4. The quantitative estimate of drug-likeness (QED) is 0.838. The van der Waals surface area contributed by atoms with Crippen molar-refractivity contribution in [1.82, 2.24) is 9.88 Å². The van der Waals surface area contributed by atoms with Gasteiger partial charge in [-0.2, -0.15) is 0 Å². The third-order valence-corrected chi connectivity index (χ3v) is 4.99. The highest BCUT2D eigenvalue weighted by atomic mass is 16.5. The first kappa shape index (κ1) is 15.9. The zero-order valence-electron chi connectivity index (χ0n) is 13.9. The van der Waals surface area contributed by atoms with Gasteiger partial charge in [0.05, 0.1) is 18.4 Å². The van der Waals surface area contributed by atoms with E-state index < -0.39 is 0 Å². The molecule has 1 aromatic rings. The van der Waals surface area contributed by atoms with Crippen LogP contribution in [0.15, 0.2) is 18.2 Å². The Labute approximate surface area is 133 Å². The van der Waals surface area contributed by atoms with Crippen molar-refractivity contribution in [1.29, 1.82) is 0 Å². The van der Waals surface area contributed by atoms with Crippen LogP contribution in [0, 0.1) is 12.3 Å². The lowest BCUT2D eigenvalue weighted by Crippen LogP contribution is -2.56. The number of hydrogen-bond donors (Lipinski definition) is 0. The van der Waals surface area contributed by atoms with Crippen molar-refractivity contribution in [2.45, 2.75) is 45.8 Å². The predicted molar refractivity (Wildman–Crippen MR) is 86.8 cm³/mol. The summed E-state index contributed by atoms with van der Waals surface area (Å²) >= 11 is 0. The predicted octanol–water partition coefficient (Wildman–Crippen LogP) is 2.80. The topological polar surface area (TPSA) is 34.6 Å². The highest BCUT2D eigenvalue weighted by Gasteiger charge is 2.46. The molecule has 2 aliphatic rings. The molecule has 2 saturated heterocycles. The molecular formula is C18H28N2O2. The average Bonchev–Trinajstić information content (AvgIpc) is 2.53. The number of piperidine rings is 1. The van der Waals surface area contributed by atoms with E-state index in [1.54, 1.807) is 0 Å². The molecule has 2 fully saturated rings. The Morgan fingerprint density at radius 1 is 1.45 bits per heavy atom. The van der Waals surface area contributed by atoms with Gasteiger partial charge in [0.2, 0.25) is 0 Å². The molecule has 4 heteroatoms. The number of ether oxygens (including phenoxy) is 2. The molecule has 0 spiro atoms. The average molecular weight is 304 g/mol. The third-order valence-electron chi connectivity index (χ3n) is 4.99. The molecule has 2 aliphatic heterocycles. The lowest BCUT2D eigenvalue weighted by atomic mass is 9.73. The van der Waals surface area contributed by atoms with Crippen LogP contribution >= 0.6 is 0 Å². The Balaban J connectivity index is 1.69. The van der Waals surface area contributed by atoms with Crippen molar-refractivity contribution in [2.24, 2.45) is 5.41 Å². The van der Waals surface area contributed by atoms with Gasteiger partial charge < -0.3 is 9.47 Å². The number of rotatable bonds is 5. The maximum Gasteiger partial charge on any atom is 0.0677 e. The molecule has 0 bridgehead atoms. The highest BCUT2D eigenvalue weighted by Crippen LogP contribution is 2.40. The summed E-state index contributed by atoms with van der Waals surface area (Å²) in [7, 11) is 0. The van der Waals surface area contributed by atoms with Gasteiger partial charge in [0.1, 0.15) is 0 Å². The first-order chi connectivity index (χ1) is 10.7. The van der Waals surface area contributed by atoms with Crippen LogP contribution in [0.25, 0.3) is 0 Å². The van der Waals surface area contributed by atoms with Crippen LogP contribution in [0.4, 0.5) is 0 Å². The number of nitrogens with zero attached hydrogens (tertiary/aromatic N) is 2. The van der Waals surface area contributed by atoms with Crippen LogP contribution in [-0.2, 0) is 16.0 Å². The van der Waals surface area contributed by atoms with Crippen molar-refractivity contribution < 1.29 is 9.47 Å². The summed E-state index contributed by atoms with van der Waals surface area (Å²) in [5.41, 5.74) is 2.44. The number of likely N-dealkylation sites (tertiary alicyclic amines) is 1. The van der Waals surface area contributed by atoms with Gasteiger partial charge in [-0.3, -0.25) is 9.88 Å². The number of aromatic nitrogens is 1. The molecule has 0 aliphatic carbocycles. The zero-order valence-corrected chi connectivity index (χ0v) is 13.9. The van der Waals surface area contributed by atoms with Gasteiger partial charge in [0.25, 0.3) is 0 Å². The van der Waals surface area contributed by atoms with Crippen molar-refractivity contribution in [2.75, 3.05) is 32.9 Å². The SMILES string of the molecule is CCOCC12CCCOC1CCN(Cc1cccc(C)n1)C2. The van der Waals surface area contributed by atoms with E-state index in [0.29, 0.717) is 6.10 Å². The minimum Gasteiger partial charge on any atom is -0.381 e. The van der Waals surface area contributed by atoms with Crippen molar-refractivity contribution in [3.05, 3.63) is 29.6 Å². The first-order valence-electron chi connectivity index (χ1n) is 8.56. The summed E-state index contributed by atoms with van der Waals surface area (Å²) in [5.74, 6) is 0. The lowest BCUT2D eigenvalue weighted by molar-refractivity contribution is -0.153. The summed E-state index contributed by atoms with van der Waals surface area (Å²) < 4.78 is 11.9. The summed E-state index contributed by atoms with van der Waals surface area (Å²) in [5, 5.41) is 0. The normalized spacial score (nSPS) is 29.3. The van der Waals surface area contributed by atoms with E-state index in [9.17, 15) is 0 Å². The van der Waals surface area contributed by atoms with E-state index in [1.807, 2.05) is 0 Å². The lowest BCUT2D eigenvalue weighted by Gasteiger charge is -2.50. The van der Waals surface area contributed by atoms with Crippen LogP contribution in [0.2, 0.25) is 0 Å². The largest absolute Gasteiger partial charge is 0.381 e. The highest BCUT2D eigenvalue weighted by molar-refractivity contribution is 5.10. The van der Waals surface area contributed by atoms with Crippen LogP contribution in [-0.4, -0.2) is 48.9 Å². The van der Waals surface area contributed by atoms with Gasteiger partial charge in [0.15, 0.2) is 0 Å². The number of aryl methyl sites for hydroxylation is 1. The van der Waals surface area contributed by atoms with Gasteiger partial charge >= 0.3 is 0 Å². The number of fused-ring (bicyclic) bond motifs is 1. The number of pyridine rings is 1. The van der Waals surface area contributed by atoms with E-state index >= 15 is 0 Å². The monoisotopic (exact) mass is 304 g/mol. The molecule has 0 amide bonds. The second-order valence-electron chi connectivity index (χ2n) is 6.73. The van der Waals surface area contributed by atoms with E-state index in [0.717, 1.165) is 58.0 Å². The molecule has 0 saturated carbocycles. The second kappa shape index (κ2) is 7.07. The molecule has 4 nitrogen and oxygen atoms in total. The maximum absolute atomic E-state index is 6.08. The van der Waals surface area contributed by atoms with Crippen LogP contribution < -0.4 is 0 Å². The van der Waals surface area contributed by atoms with Crippen LogP contribution in [0.3, 0.4) is 0 Å². The van der Waals surface area contributed by atoms with Gasteiger partial charge in [-0.15, -0.1) is 0 Å². The molecule has 0 N–H and O–H groups in total. The Morgan fingerprint density at radius 3 is 3.18 bits per heavy atom. The molecule has 22 heavy (non-hydrogen) atoms. The van der Waals surface area contributed by atoms with Crippen LogP contribution in [0.1, 0.15) is 37.6 Å². The fourth-order valence-corrected chi connectivity index (χ4v) is 3.95.